The standard InChI is InChI=1S/C45H86NO8P/c1-3-5-7-9-11-13-15-17-19-20-21-22-24-25-27-29-31-33-35-37-44(47)51-41-43(42-53-55(49,50)52-40-39-46)54-45(48)38-36-34-32-30-28-26-23-18-16-14-12-10-8-6-4-2/h12,14,18,23,43H,3-11,13,15-17,19-22,24-42,46H2,1-2H3,(H,49,50)/b14-12+,23-18+/t43-/m1/s1. The van der Waals surface area contributed by atoms with Crippen LogP contribution in [0.2, 0.25) is 0 Å². The largest absolute Gasteiger partial charge is 0.472 e. The van der Waals surface area contributed by atoms with Crippen molar-refractivity contribution in [2.45, 2.75) is 225 Å². The van der Waals surface area contributed by atoms with Crippen molar-refractivity contribution in [2.24, 2.45) is 5.73 Å². The number of nitrogens with two attached hydrogens (primary N) is 1. The summed E-state index contributed by atoms with van der Waals surface area (Å²) in [5.74, 6) is -0.835. The van der Waals surface area contributed by atoms with Crippen LogP contribution in [0.25, 0.3) is 0 Å². The first-order valence-electron chi connectivity index (χ1n) is 22.8. The molecule has 0 bridgehead atoms. The summed E-state index contributed by atoms with van der Waals surface area (Å²) in [6.45, 7) is 3.72. The second kappa shape index (κ2) is 42.1. The molecule has 0 spiro atoms. The van der Waals surface area contributed by atoms with Crippen molar-refractivity contribution >= 4 is 19.8 Å². The summed E-state index contributed by atoms with van der Waals surface area (Å²) in [4.78, 5) is 34.9. The molecule has 55 heavy (non-hydrogen) atoms. The highest BCUT2D eigenvalue weighted by molar-refractivity contribution is 7.47. The molecule has 9 nitrogen and oxygen atoms in total. The van der Waals surface area contributed by atoms with Crippen LogP contribution in [0.5, 0.6) is 0 Å². The van der Waals surface area contributed by atoms with E-state index in [-0.39, 0.29) is 38.6 Å². The number of hydrogen-bond donors (Lipinski definition) is 2. The zero-order chi connectivity index (χ0) is 40.3. The van der Waals surface area contributed by atoms with Crippen molar-refractivity contribution in [2.75, 3.05) is 26.4 Å². The van der Waals surface area contributed by atoms with Gasteiger partial charge in [0.1, 0.15) is 6.61 Å². The number of unbranched alkanes of at least 4 members (excludes halogenated alkanes) is 26. The number of ether oxygens (including phenoxy) is 2. The molecule has 0 aromatic carbocycles. The molecule has 1 unspecified atom stereocenters. The molecule has 0 aliphatic rings. The molecular formula is C45H86NO8P. The lowest BCUT2D eigenvalue weighted by Crippen LogP contribution is -2.29. The Bertz CT molecular complexity index is 959. The van der Waals surface area contributed by atoms with Crippen LogP contribution < -0.4 is 5.73 Å². The average molecular weight is 800 g/mol. The molecule has 0 radical (unpaired) electrons. The predicted octanol–water partition coefficient (Wildman–Crippen LogP) is 13.2. The summed E-state index contributed by atoms with van der Waals surface area (Å²) >= 11 is 0. The van der Waals surface area contributed by atoms with Crippen LogP contribution in [0, 0.1) is 0 Å². The second-order valence-electron chi connectivity index (χ2n) is 15.3. The third kappa shape index (κ3) is 41.9. The van der Waals surface area contributed by atoms with E-state index in [1.807, 2.05) is 0 Å². The zero-order valence-electron chi connectivity index (χ0n) is 35.7. The number of rotatable bonds is 43. The van der Waals surface area contributed by atoms with Crippen molar-refractivity contribution in [3.05, 3.63) is 24.3 Å². The maximum atomic E-state index is 12.6. The monoisotopic (exact) mass is 800 g/mol. The van der Waals surface area contributed by atoms with Crippen LogP contribution in [0.3, 0.4) is 0 Å². The van der Waals surface area contributed by atoms with Crippen molar-refractivity contribution in [1.82, 2.24) is 0 Å². The van der Waals surface area contributed by atoms with E-state index in [4.69, 9.17) is 24.3 Å². The maximum absolute atomic E-state index is 12.6. The van der Waals surface area contributed by atoms with Crippen molar-refractivity contribution in [1.29, 1.82) is 0 Å². The highest BCUT2D eigenvalue weighted by atomic mass is 31.2. The minimum atomic E-state index is -4.38. The van der Waals surface area contributed by atoms with Gasteiger partial charge in [-0.25, -0.2) is 4.57 Å². The Labute approximate surface area is 338 Å². The SMILES string of the molecule is CCCCC/C=C/C/C=C/CCCCCCCC(=O)O[C@H](COC(=O)CCCCCCCCCCCCCCCCCCCCC)COP(=O)(O)OCCN. The minimum absolute atomic E-state index is 0.0525. The van der Waals surface area contributed by atoms with Gasteiger partial charge < -0.3 is 20.1 Å². The third-order valence-corrected chi connectivity index (χ3v) is 10.8. The Balaban J connectivity index is 4.09. The number of phosphoric acid groups is 1. The average Bonchev–Trinajstić information content (AvgIpc) is 3.17. The number of allylic oxidation sites excluding steroid dienone is 4. The third-order valence-electron chi connectivity index (χ3n) is 9.84. The Morgan fingerprint density at radius 2 is 0.945 bits per heavy atom. The molecule has 0 fully saturated rings. The van der Waals surface area contributed by atoms with Crippen LogP contribution in [0.1, 0.15) is 219 Å². The first-order chi connectivity index (χ1) is 26.8. The van der Waals surface area contributed by atoms with Crippen molar-refractivity contribution in [3.63, 3.8) is 0 Å². The first kappa shape index (κ1) is 53.5. The van der Waals surface area contributed by atoms with E-state index in [9.17, 15) is 19.0 Å². The quantitative estimate of drug-likeness (QED) is 0.0267. The molecule has 2 atom stereocenters. The van der Waals surface area contributed by atoms with Gasteiger partial charge in [-0.05, 0) is 44.9 Å². The molecule has 0 amide bonds. The van der Waals surface area contributed by atoms with Crippen molar-refractivity contribution in [3.8, 4) is 0 Å². The van der Waals surface area contributed by atoms with Gasteiger partial charge >= 0.3 is 19.8 Å². The van der Waals surface area contributed by atoms with E-state index in [1.165, 1.54) is 128 Å². The van der Waals surface area contributed by atoms with Crippen LogP contribution >= 0.6 is 7.82 Å². The van der Waals surface area contributed by atoms with E-state index in [0.717, 1.165) is 57.8 Å². The maximum Gasteiger partial charge on any atom is 0.472 e. The summed E-state index contributed by atoms with van der Waals surface area (Å²) in [5, 5.41) is 0. The fourth-order valence-electron chi connectivity index (χ4n) is 6.43. The van der Waals surface area contributed by atoms with Crippen molar-refractivity contribution < 1.29 is 37.6 Å². The van der Waals surface area contributed by atoms with Gasteiger partial charge in [0.05, 0.1) is 13.2 Å². The Kier molecular flexibility index (Phi) is 40.9. The molecule has 324 valence electrons. The Hall–Kier alpha value is -1.51. The summed E-state index contributed by atoms with van der Waals surface area (Å²) < 4.78 is 32.8. The number of carbonyl (C=O) groups excluding carboxylic acids is 2. The summed E-state index contributed by atoms with van der Waals surface area (Å²) in [6, 6.07) is 0. The molecule has 0 aliphatic carbocycles. The molecular weight excluding hydrogens is 713 g/mol. The second-order valence-corrected chi connectivity index (χ2v) is 16.7. The summed E-state index contributed by atoms with van der Waals surface area (Å²) in [5.41, 5.74) is 5.35. The van der Waals surface area contributed by atoms with Gasteiger partial charge in [0.25, 0.3) is 0 Å². The van der Waals surface area contributed by atoms with Crippen LogP contribution in [0.4, 0.5) is 0 Å². The minimum Gasteiger partial charge on any atom is -0.462 e. The number of phosphoric ester groups is 1. The van der Waals surface area contributed by atoms with Gasteiger partial charge in [-0.3, -0.25) is 18.6 Å². The van der Waals surface area contributed by atoms with Crippen LogP contribution in [-0.4, -0.2) is 49.3 Å². The van der Waals surface area contributed by atoms with Crippen LogP contribution in [-0.2, 0) is 32.7 Å². The fraction of sp³-hybridized carbons (Fsp3) is 0.867. The Morgan fingerprint density at radius 1 is 0.545 bits per heavy atom. The smallest absolute Gasteiger partial charge is 0.462 e. The molecule has 10 heteroatoms. The lowest BCUT2D eigenvalue weighted by molar-refractivity contribution is -0.161. The zero-order valence-corrected chi connectivity index (χ0v) is 36.6. The topological polar surface area (TPSA) is 134 Å². The van der Waals surface area contributed by atoms with E-state index in [1.54, 1.807) is 0 Å². The molecule has 0 aromatic rings. The normalized spacial score (nSPS) is 13.5. The molecule has 0 heterocycles. The van der Waals surface area contributed by atoms with Gasteiger partial charge in [-0.2, -0.15) is 0 Å². The molecule has 0 saturated carbocycles. The Morgan fingerprint density at radius 3 is 1.42 bits per heavy atom. The summed E-state index contributed by atoms with van der Waals surface area (Å²) in [7, 11) is -4.38. The van der Waals surface area contributed by atoms with Crippen LogP contribution in [0.15, 0.2) is 24.3 Å². The van der Waals surface area contributed by atoms with E-state index < -0.39 is 26.5 Å². The molecule has 0 aliphatic heterocycles. The van der Waals surface area contributed by atoms with Gasteiger partial charge in [-0.15, -0.1) is 0 Å². The number of hydrogen-bond acceptors (Lipinski definition) is 8. The first-order valence-corrected chi connectivity index (χ1v) is 24.3. The highest BCUT2D eigenvalue weighted by Gasteiger charge is 2.26. The molecule has 0 aromatic heterocycles. The molecule has 0 saturated heterocycles. The lowest BCUT2D eigenvalue weighted by atomic mass is 10.0. The number of esters is 2. The lowest BCUT2D eigenvalue weighted by Gasteiger charge is -2.19. The summed E-state index contributed by atoms with van der Waals surface area (Å²) in [6.07, 6.45) is 44.9. The van der Waals surface area contributed by atoms with Gasteiger partial charge in [0.15, 0.2) is 6.10 Å². The van der Waals surface area contributed by atoms with E-state index >= 15 is 0 Å². The fourth-order valence-corrected chi connectivity index (χ4v) is 7.20. The molecule has 0 rings (SSSR count). The van der Waals surface area contributed by atoms with Gasteiger partial charge in [0, 0.05) is 19.4 Å². The molecule has 3 N–H and O–H groups in total. The predicted molar refractivity (Wildman–Crippen MR) is 229 cm³/mol. The van der Waals surface area contributed by atoms with Gasteiger partial charge in [0.2, 0.25) is 0 Å². The van der Waals surface area contributed by atoms with E-state index in [2.05, 4.69) is 38.2 Å². The van der Waals surface area contributed by atoms with Gasteiger partial charge in [-0.1, -0.05) is 186 Å². The number of carbonyl (C=O) groups is 2. The van der Waals surface area contributed by atoms with E-state index in [0.29, 0.717) is 6.42 Å². The highest BCUT2D eigenvalue weighted by Crippen LogP contribution is 2.43.